The molecule has 4 fully saturated rings. The molecule has 0 aromatic rings. The second-order valence-electron chi connectivity index (χ2n) is 9.90. The maximum atomic E-state index is 12.6. The Balaban J connectivity index is 0.00000225. The van der Waals surface area contributed by atoms with Crippen molar-refractivity contribution in [2.75, 3.05) is 13.2 Å². The zero-order valence-corrected chi connectivity index (χ0v) is 18.1. The third kappa shape index (κ3) is 3.19. The van der Waals surface area contributed by atoms with Crippen LogP contribution in [0.4, 0.5) is 0 Å². The van der Waals surface area contributed by atoms with E-state index in [2.05, 4.69) is 24.9 Å². The third-order valence-electron chi connectivity index (χ3n) is 8.88. The number of carbonyl (C=O) groups excluding carboxylic acids is 1. The van der Waals surface area contributed by atoms with Gasteiger partial charge in [0.15, 0.2) is 0 Å². The lowest BCUT2D eigenvalue weighted by molar-refractivity contribution is -0.139. The van der Waals surface area contributed by atoms with Gasteiger partial charge < -0.3 is 10.6 Å². The number of carbonyl (C=O) groups is 1. The molecule has 0 spiro atoms. The van der Waals surface area contributed by atoms with Gasteiger partial charge in [0.05, 0.1) is 5.71 Å². The van der Waals surface area contributed by atoms with Gasteiger partial charge in [0.25, 0.3) is 0 Å². The summed E-state index contributed by atoms with van der Waals surface area (Å²) in [4.78, 5) is 18.0. The average Bonchev–Trinajstić information content (AvgIpc) is 2.96. The Kier molecular flexibility index (Phi) is 6.18. The average molecular weight is 407 g/mol. The Hall–Kier alpha value is -1.05. The van der Waals surface area contributed by atoms with Crippen molar-refractivity contribution in [2.45, 2.75) is 65.2 Å². The highest BCUT2D eigenvalue weighted by molar-refractivity contribution is 5.87. The number of nitrogens with zero attached hydrogens (tertiary/aromatic N) is 1. The molecule has 0 aliphatic heterocycles. The second kappa shape index (κ2) is 8.00. The van der Waals surface area contributed by atoms with Crippen LogP contribution in [0.2, 0.25) is 0 Å². The fraction of sp³-hybridized carbons (Fsp3) is 0.826. The number of fused-ring (bicyclic) bond motifs is 5. The molecule has 4 aliphatic carbocycles. The molecule has 0 amide bonds. The number of oxime groups is 1. The molecule has 4 saturated carbocycles. The lowest BCUT2D eigenvalue weighted by Crippen LogP contribution is -2.56. The van der Waals surface area contributed by atoms with Crippen molar-refractivity contribution >= 4 is 23.9 Å². The lowest BCUT2D eigenvalue weighted by Gasteiger charge is -2.61. The molecule has 4 rings (SSSR count). The van der Waals surface area contributed by atoms with Crippen LogP contribution in [0.3, 0.4) is 0 Å². The first-order chi connectivity index (χ1) is 12.9. The molecule has 4 aliphatic rings. The van der Waals surface area contributed by atoms with Gasteiger partial charge >= 0.3 is 0 Å². The first-order valence-corrected chi connectivity index (χ1v) is 10.8. The van der Waals surface area contributed by atoms with Crippen molar-refractivity contribution in [3.8, 4) is 12.3 Å². The largest absolute Gasteiger partial charge is 0.395 e. The standard InChI is InChI=1S/C23H34N2O2.ClH/c1-4-15-13-17-18-5-6-21(26)23(18,3)10-8-19(17)22(2)9-7-16(14-20(15)22)25-27-12-11-24;/h1,15,17-20H,5-14,24H2,2-3H3;1H/t15-,17-,18-,19-,20?,22+,23-;/m0./s1. The Morgan fingerprint density at radius 2 is 2.00 bits per heavy atom. The molecule has 28 heavy (non-hydrogen) atoms. The first kappa shape index (κ1) is 21.7. The maximum absolute atomic E-state index is 12.6. The van der Waals surface area contributed by atoms with Gasteiger partial charge in [-0.3, -0.25) is 4.79 Å². The number of hydrogen-bond acceptors (Lipinski definition) is 4. The highest BCUT2D eigenvalue weighted by atomic mass is 35.5. The van der Waals surface area contributed by atoms with E-state index in [0.29, 0.717) is 42.6 Å². The fourth-order valence-corrected chi connectivity index (χ4v) is 7.37. The second-order valence-corrected chi connectivity index (χ2v) is 9.90. The van der Waals surface area contributed by atoms with E-state index in [1.807, 2.05) is 0 Å². The van der Waals surface area contributed by atoms with Gasteiger partial charge in [-0.2, -0.15) is 0 Å². The van der Waals surface area contributed by atoms with Gasteiger partial charge in [-0.1, -0.05) is 19.0 Å². The van der Waals surface area contributed by atoms with Crippen LogP contribution in [0, 0.1) is 52.8 Å². The monoisotopic (exact) mass is 406 g/mol. The minimum Gasteiger partial charge on any atom is -0.395 e. The highest BCUT2D eigenvalue weighted by Crippen LogP contribution is 2.66. The van der Waals surface area contributed by atoms with Crippen LogP contribution >= 0.6 is 12.4 Å². The van der Waals surface area contributed by atoms with Gasteiger partial charge in [0, 0.05) is 24.3 Å². The molecule has 0 radical (unpaired) electrons. The van der Waals surface area contributed by atoms with E-state index in [0.717, 1.165) is 50.7 Å². The number of nitrogens with two attached hydrogens (primary N) is 1. The van der Waals surface area contributed by atoms with Crippen molar-refractivity contribution in [1.29, 1.82) is 0 Å². The predicted molar refractivity (Wildman–Crippen MR) is 114 cm³/mol. The summed E-state index contributed by atoms with van der Waals surface area (Å²) >= 11 is 0. The zero-order valence-electron chi connectivity index (χ0n) is 17.3. The van der Waals surface area contributed by atoms with Crippen LogP contribution in [-0.4, -0.2) is 24.6 Å². The summed E-state index contributed by atoms with van der Waals surface area (Å²) in [6.45, 7) is 5.69. The summed E-state index contributed by atoms with van der Waals surface area (Å²) in [5.41, 5.74) is 6.84. The fourth-order valence-electron chi connectivity index (χ4n) is 7.37. The zero-order chi connectivity index (χ0) is 19.2. The van der Waals surface area contributed by atoms with E-state index < -0.39 is 0 Å². The summed E-state index contributed by atoms with van der Waals surface area (Å²) in [6, 6.07) is 0. The molecule has 2 N–H and O–H groups in total. The molecule has 0 heterocycles. The summed E-state index contributed by atoms with van der Waals surface area (Å²) in [5, 5.41) is 4.37. The third-order valence-corrected chi connectivity index (χ3v) is 8.88. The van der Waals surface area contributed by atoms with Crippen LogP contribution in [0.25, 0.3) is 0 Å². The SMILES string of the molecule is C#C[C@H]1C[C@@H]2[C@H](CC[C@]3(C)C(=O)CC[C@@H]23)[C@@]2(C)CCC(=NOCCN)CC12.Cl. The van der Waals surface area contributed by atoms with Crippen molar-refractivity contribution < 1.29 is 9.63 Å². The smallest absolute Gasteiger partial charge is 0.139 e. The number of hydrogen-bond donors (Lipinski definition) is 1. The minimum atomic E-state index is -0.0825. The normalized spacial score (nSPS) is 46.0. The molecular formula is C23H35ClN2O2. The van der Waals surface area contributed by atoms with Crippen LogP contribution in [0.1, 0.15) is 65.2 Å². The molecule has 0 aromatic heterocycles. The molecular weight excluding hydrogens is 372 g/mol. The van der Waals surface area contributed by atoms with Crippen molar-refractivity contribution in [3.63, 3.8) is 0 Å². The summed E-state index contributed by atoms with van der Waals surface area (Å²) in [7, 11) is 0. The Bertz CT molecular complexity index is 687. The molecule has 0 aromatic carbocycles. The number of ketones is 1. The van der Waals surface area contributed by atoms with Gasteiger partial charge in [0.2, 0.25) is 0 Å². The molecule has 1 unspecified atom stereocenters. The maximum Gasteiger partial charge on any atom is 0.139 e. The predicted octanol–water partition coefficient (Wildman–Crippen LogP) is 4.21. The number of halogens is 1. The molecule has 0 saturated heterocycles. The molecule has 5 heteroatoms. The van der Waals surface area contributed by atoms with Crippen molar-refractivity contribution in [3.05, 3.63) is 0 Å². The summed E-state index contributed by atoms with van der Waals surface area (Å²) in [5.74, 6) is 6.28. The van der Waals surface area contributed by atoms with Gasteiger partial charge in [-0.15, -0.1) is 24.8 Å². The van der Waals surface area contributed by atoms with Crippen molar-refractivity contribution in [1.82, 2.24) is 0 Å². The topological polar surface area (TPSA) is 64.7 Å². The minimum absolute atomic E-state index is 0. The van der Waals surface area contributed by atoms with E-state index in [9.17, 15) is 4.79 Å². The van der Waals surface area contributed by atoms with Gasteiger partial charge in [-0.05, 0) is 74.0 Å². The van der Waals surface area contributed by atoms with Crippen LogP contribution < -0.4 is 5.73 Å². The molecule has 4 nitrogen and oxygen atoms in total. The number of rotatable bonds is 3. The first-order valence-electron chi connectivity index (χ1n) is 10.8. The molecule has 0 bridgehead atoms. The molecule has 156 valence electrons. The summed E-state index contributed by atoms with van der Waals surface area (Å²) in [6.07, 6.45) is 14.3. The van der Waals surface area contributed by atoms with E-state index >= 15 is 0 Å². The van der Waals surface area contributed by atoms with Gasteiger partial charge in [-0.25, -0.2) is 0 Å². The lowest BCUT2D eigenvalue weighted by atomic mass is 9.43. The van der Waals surface area contributed by atoms with Crippen LogP contribution in [-0.2, 0) is 9.63 Å². The highest BCUT2D eigenvalue weighted by Gasteiger charge is 2.61. The van der Waals surface area contributed by atoms with Crippen LogP contribution in [0.5, 0.6) is 0 Å². The Morgan fingerprint density at radius 3 is 2.71 bits per heavy atom. The quantitative estimate of drug-likeness (QED) is 0.433. The summed E-state index contributed by atoms with van der Waals surface area (Å²) < 4.78 is 0. The number of terminal acetylenes is 1. The van der Waals surface area contributed by atoms with Crippen LogP contribution in [0.15, 0.2) is 5.16 Å². The van der Waals surface area contributed by atoms with Gasteiger partial charge in [0.1, 0.15) is 12.4 Å². The van der Waals surface area contributed by atoms with E-state index in [-0.39, 0.29) is 29.2 Å². The van der Waals surface area contributed by atoms with E-state index in [1.54, 1.807) is 0 Å². The van der Waals surface area contributed by atoms with E-state index in [1.165, 1.54) is 6.42 Å². The number of Topliss-reactive ketones (excluding diaryl/α,β-unsaturated/α-hetero) is 1. The molecule has 7 atom stereocenters. The Morgan fingerprint density at radius 1 is 1.21 bits per heavy atom. The van der Waals surface area contributed by atoms with E-state index in [4.69, 9.17) is 17.0 Å². The van der Waals surface area contributed by atoms with Crippen molar-refractivity contribution in [2.24, 2.45) is 51.3 Å². The Labute approximate surface area is 175 Å².